The van der Waals surface area contributed by atoms with Gasteiger partial charge in [0.05, 0.1) is 7.11 Å². The average molecular weight is 304 g/mol. The maximum atomic E-state index is 12.3. The number of benzene rings is 1. The Morgan fingerprint density at radius 1 is 1.32 bits per heavy atom. The van der Waals surface area contributed by atoms with Gasteiger partial charge in [-0.25, -0.2) is 4.79 Å². The molecular weight excluding hydrogens is 280 g/mol. The minimum atomic E-state index is -0.595. The Labute approximate surface area is 131 Å². The molecule has 1 aromatic carbocycles. The monoisotopic (exact) mass is 304 g/mol. The minimum Gasteiger partial charge on any atom is -0.467 e. The van der Waals surface area contributed by atoms with E-state index in [-0.39, 0.29) is 11.9 Å². The topological polar surface area (TPSA) is 81.4 Å². The summed E-state index contributed by atoms with van der Waals surface area (Å²) in [7, 11) is 1.35. The number of anilines is 1. The van der Waals surface area contributed by atoms with E-state index in [1.165, 1.54) is 26.4 Å². The van der Waals surface area contributed by atoms with Crippen molar-refractivity contribution < 1.29 is 14.3 Å². The fourth-order valence-corrected chi connectivity index (χ4v) is 3.03. The first-order valence-corrected chi connectivity index (χ1v) is 7.84. The number of methoxy groups -OCH3 is 1. The molecule has 2 rings (SSSR count). The van der Waals surface area contributed by atoms with Gasteiger partial charge in [0.25, 0.3) is 5.91 Å². The number of nitrogen functional groups attached to an aromatic ring is 1. The second-order valence-corrected chi connectivity index (χ2v) is 5.91. The number of hydrogen-bond donors (Lipinski definition) is 2. The Hall–Kier alpha value is -2.04. The van der Waals surface area contributed by atoms with Crippen molar-refractivity contribution in [2.75, 3.05) is 12.8 Å². The van der Waals surface area contributed by atoms with Gasteiger partial charge in [-0.1, -0.05) is 38.2 Å². The molecule has 0 saturated heterocycles. The van der Waals surface area contributed by atoms with E-state index >= 15 is 0 Å². The van der Waals surface area contributed by atoms with Crippen molar-refractivity contribution >= 4 is 17.6 Å². The van der Waals surface area contributed by atoms with Crippen LogP contribution in [0.1, 0.15) is 48.9 Å². The van der Waals surface area contributed by atoms with E-state index in [4.69, 9.17) is 10.5 Å². The molecule has 5 nitrogen and oxygen atoms in total. The lowest BCUT2D eigenvalue weighted by molar-refractivity contribution is -0.143. The molecule has 0 aromatic heterocycles. The van der Waals surface area contributed by atoms with E-state index in [0.717, 1.165) is 12.8 Å². The fraction of sp³-hybridized carbons (Fsp3) is 0.529. The molecule has 22 heavy (non-hydrogen) atoms. The number of carbonyl (C=O) groups is 2. The molecule has 3 N–H and O–H groups in total. The molecule has 0 radical (unpaired) electrons. The summed E-state index contributed by atoms with van der Waals surface area (Å²) in [5, 5.41) is 2.79. The number of hydrogen-bond acceptors (Lipinski definition) is 4. The summed E-state index contributed by atoms with van der Waals surface area (Å²) in [4.78, 5) is 24.3. The maximum Gasteiger partial charge on any atom is 0.328 e. The van der Waals surface area contributed by atoms with E-state index in [9.17, 15) is 9.59 Å². The highest BCUT2D eigenvalue weighted by atomic mass is 16.5. The summed E-state index contributed by atoms with van der Waals surface area (Å²) >= 11 is 0. The quantitative estimate of drug-likeness (QED) is 0.647. The smallest absolute Gasteiger partial charge is 0.328 e. The van der Waals surface area contributed by atoms with Crippen LogP contribution in [0.25, 0.3) is 0 Å². The van der Waals surface area contributed by atoms with Gasteiger partial charge in [-0.05, 0) is 30.5 Å². The van der Waals surface area contributed by atoms with Gasteiger partial charge in [-0.15, -0.1) is 0 Å². The normalized spacial score (nSPS) is 16.8. The van der Waals surface area contributed by atoms with E-state index in [0.29, 0.717) is 23.6 Å². The first kappa shape index (κ1) is 16.3. The Bertz CT molecular complexity index is 524. The van der Waals surface area contributed by atoms with Crippen LogP contribution < -0.4 is 11.1 Å². The number of ether oxygens (including phenoxy) is 1. The third kappa shape index (κ3) is 4.48. The lowest BCUT2D eigenvalue weighted by Crippen LogP contribution is -2.43. The summed E-state index contributed by atoms with van der Waals surface area (Å²) in [5.41, 5.74) is 6.67. The van der Waals surface area contributed by atoms with Crippen LogP contribution in [0.3, 0.4) is 0 Å². The standard InChI is InChI=1S/C17H24N2O3/c1-22-17(21)15(10-12-6-3-2-4-7-12)19-16(20)13-8-5-9-14(18)11-13/h5,8-9,11-12,15H,2-4,6-7,10,18H2,1H3,(H,19,20)/t15-/m0/s1. The van der Waals surface area contributed by atoms with Crippen LogP contribution in [-0.4, -0.2) is 25.0 Å². The first-order chi connectivity index (χ1) is 10.6. The van der Waals surface area contributed by atoms with Crippen LogP contribution >= 0.6 is 0 Å². The average Bonchev–Trinajstić information content (AvgIpc) is 2.54. The van der Waals surface area contributed by atoms with Gasteiger partial charge in [-0.2, -0.15) is 0 Å². The Balaban J connectivity index is 2.02. The Morgan fingerprint density at radius 2 is 2.05 bits per heavy atom. The van der Waals surface area contributed by atoms with E-state index in [2.05, 4.69) is 5.32 Å². The number of nitrogens with one attached hydrogen (secondary N) is 1. The van der Waals surface area contributed by atoms with Crippen molar-refractivity contribution in [3.63, 3.8) is 0 Å². The van der Waals surface area contributed by atoms with Crippen molar-refractivity contribution in [1.82, 2.24) is 5.32 Å². The highest BCUT2D eigenvalue weighted by Gasteiger charge is 2.26. The largest absolute Gasteiger partial charge is 0.467 e. The van der Waals surface area contributed by atoms with Gasteiger partial charge in [0.15, 0.2) is 0 Å². The molecule has 1 aliphatic rings. The molecule has 1 atom stereocenters. The molecule has 1 fully saturated rings. The van der Waals surface area contributed by atoms with Crippen LogP contribution in [0.4, 0.5) is 5.69 Å². The predicted octanol–water partition coefficient (Wildman–Crippen LogP) is 2.51. The molecule has 1 aromatic rings. The zero-order chi connectivity index (χ0) is 15.9. The summed E-state index contributed by atoms with van der Waals surface area (Å²) < 4.78 is 4.84. The molecule has 1 amide bonds. The lowest BCUT2D eigenvalue weighted by Gasteiger charge is -2.25. The van der Waals surface area contributed by atoms with Crippen molar-refractivity contribution in [1.29, 1.82) is 0 Å². The van der Waals surface area contributed by atoms with E-state index in [1.54, 1.807) is 24.3 Å². The molecule has 5 heteroatoms. The van der Waals surface area contributed by atoms with Crippen LogP contribution in [0.5, 0.6) is 0 Å². The van der Waals surface area contributed by atoms with Gasteiger partial charge in [0.2, 0.25) is 0 Å². The molecule has 0 spiro atoms. The number of rotatable bonds is 5. The fourth-order valence-electron chi connectivity index (χ4n) is 3.03. The highest BCUT2D eigenvalue weighted by molar-refractivity contribution is 5.97. The van der Waals surface area contributed by atoms with Crippen molar-refractivity contribution in [2.24, 2.45) is 5.92 Å². The molecule has 1 saturated carbocycles. The molecule has 0 bridgehead atoms. The molecule has 0 aliphatic heterocycles. The molecule has 0 heterocycles. The van der Waals surface area contributed by atoms with Crippen LogP contribution in [-0.2, 0) is 9.53 Å². The second kappa shape index (κ2) is 7.82. The first-order valence-electron chi connectivity index (χ1n) is 7.84. The lowest BCUT2D eigenvalue weighted by atomic mass is 9.85. The molecule has 1 aliphatic carbocycles. The van der Waals surface area contributed by atoms with Gasteiger partial charge in [0.1, 0.15) is 6.04 Å². The summed E-state index contributed by atoms with van der Waals surface area (Å²) in [6.07, 6.45) is 6.52. The Morgan fingerprint density at radius 3 is 2.68 bits per heavy atom. The number of nitrogens with two attached hydrogens (primary N) is 1. The zero-order valence-corrected chi connectivity index (χ0v) is 13.0. The number of carbonyl (C=O) groups excluding carboxylic acids is 2. The minimum absolute atomic E-state index is 0.293. The summed E-state index contributed by atoms with van der Waals surface area (Å²) in [5.74, 6) is -0.208. The summed E-state index contributed by atoms with van der Waals surface area (Å²) in [6, 6.07) is 6.13. The third-order valence-corrected chi connectivity index (χ3v) is 4.23. The van der Waals surface area contributed by atoms with Gasteiger partial charge < -0.3 is 15.8 Å². The van der Waals surface area contributed by atoms with Crippen LogP contribution in [0.15, 0.2) is 24.3 Å². The predicted molar refractivity (Wildman–Crippen MR) is 85.3 cm³/mol. The van der Waals surface area contributed by atoms with Crippen LogP contribution in [0, 0.1) is 5.92 Å². The van der Waals surface area contributed by atoms with E-state index < -0.39 is 6.04 Å². The number of esters is 1. The van der Waals surface area contributed by atoms with Crippen molar-refractivity contribution in [2.45, 2.75) is 44.6 Å². The van der Waals surface area contributed by atoms with E-state index in [1.807, 2.05) is 0 Å². The third-order valence-electron chi connectivity index (χ3n) is 4.23. The van der Waals surface area contributed by atoms with Crippen LogP contribution in [0.2, 0.25) is 0 Å². The SMILES string of the molecule is COC(=O)[C@H](CC1CCCCC1)NC(=O)c1cccc(N)c1. The highest BCUT2D eigenvalue weighted by Crippen LogP contribution is 2.27. The van der Waals surface area contributed by atoms with Gasteiger partial charge in [-0.3, -0.25) is 4.79 Å². The molecule has 120 valence electrons. The van der Waals surface area contributed by atoms with Gasteiger partial charge in [0, 0.05) is 11.3 Å². The van der Waals surface area contributed by atoms with Gasteiger partial charge >= 0.3 is 5.97 Å². The zero-order valence-electron chi connectivity index (χ0n) is 13.0. The van der Waals surface area contributed by atoms with Crippen molar-refractivity contribution in [3.8, 4) is 0 Å². The Kier molecular flexibility index (Phi) is 5.81. The van der Waals surface area contributed by atoms with Crippen molar-refractivity contribution in [3.05, 3.63) is 29.8 Å². The second-order valence-electron chi connectivity index (χ2n) is 5.91. The number of amides is 1. The molecular formula is C17H24N2O3. The maximum absolute atomic E-state index is 12.3. The summed E-state index contributed by atoms with van der Waals surface area (Å²) in [6.45, 7) is 0. The molecule has 0 unspecified atom stereocenters.